The van der Waals surface area contributed by atoms with Gasteiger partial charge >= 0.3 is 0 Å². The molecule has 0 amide bonds. The lowest BCUT2D eigenvalue weighted by molar-refractivity contribution is 0.666. The number of para-hydroxylation sites is 2. The fourth-order valence-electron chi connectivity index (χ4n) is 18.7. The van der Waals surface area contributed by atoms with Gasteiger partial charge in [-0.05, 0) is 152 Å². The number of thiophene rings is 2. The van der Waals surface area contributed by atoms with Gasteiger partial charge in [-0.3, -0.25) is 0 Å². The number of rotatable bonds is 9. The van der Waals surface area contributed by atoms with Gasteiger partial charge in [0.25, 0.3) is 0 Å². The highest BCUT2D eigenvalue weighted by Gasteiger charge is 2.29. The highest BCUT2D eigenvalue weighted by atomic mass is 32.1. The van der Waals surface area contributed by atoms with Crippen molar-refractivity contribution in [2.45, 2.75) is 0 Å². The first-order chi connectivity index (χ1) is 58.4. The van der Waals surface area contributed by atoms with Crippen molar-refractivity contribution in [3.63, 3.8) is 0 Å². The topological polar surface area (TPSA) is 113 Å². The molecule has 0 atom stereocenters. The van der Waals surface area contributed by atoms with Crippen LogP contribution >= 0.6 is 22.7 Å². The molecular weight excluding hydrogens is 1480 g/mol. The molecule has 10 nitrogen and oxygen atoms in total. The largest absolute Gasteiger partial charge is 0.455 e. The van der Waals surface area contributed by atoms with Gasteiger partial charge in [-0.25, -0.2) is 29.9 Å². The smallest absolute Gasteiger partial charge is 0.166 e. The second-order valence-electron chi connectivity index (χ2n) is 30.7. The van der Waals surface area contributed by atoms with Gasteiger partial charge in [0.05, 0.1) is 33.1 Å². The quantitative estimate of drug-likeness (QED) is 0.140. The fraction of sp³-hybridized carbons (Fsp3) is 0. The Kier molecular flexibility index (Phi) is 13.8. The number of aromatic nitrogens is 8. The van der Waals surface area contributed by atoms with Gasteiger partial charge < -0.3 is 18.0 Å². The lowest BCUT2D eigenvalue weighted by Gasteiger charge is -2.16. The van der Waals surface area contributed by atoms with E-state index in [2.05, 4.69) is 337 Å². The fourth-order valence-corrected chi connectivity index (χ4v) is 21.1. The molecule has 8 aromatic heterocycles. The molecule has 0 bridgehead atoms. The van der Waals surface area contributed by atoms with Crippen LogP contribution in [0.5, 0.6) is 0 Å². The summed E-state index contributed by atoms with van der Waals surface area (Å²) < 4.78 is 23.7. The maximum atomic E-state index is 7.21. The van der Waals surface area contributed by atoms with Gasteiger partial charge in [-0.15, -0.1) is 22.7 Å². The molecule has 18 aromatic carbocycles. The zero-order chi connectivity index (χ0) is 77.0. The summed E-state index contributed by atoms with van der Waals surface area (Å²) in [6.07, 6.45) is 0. The van der Waals surface area contributed by atoms with Crippen LogP contribution in [0.4, 0.5) is 0 Å². The molecule has 0 unspecified atom stereocenters. The lowest BCUT2D eigenvalue weighted by Crippen LogP contribution is -2.04. The molecule has 0 saturated heterocycles. The Labute approximate surface area is 679 Å². The SMILES string of the molecule is c1ccc(-c2nc(-c3ccc(-c4ccc5sc6c(-c7nc(-c8ccc9c(oc%10ccccc%109)c8-n8c9ccccc9c9cc%10ccccc%10cc98)nc(-c8cccc9c8sc8ccccc89)n7)cccc6c5c4)cc3)nc(-c3cc(-n4c5cc6ccccc6cc5c5c6ccccc6ccc54)c4c(c3)oc3c5ccccc5ccc34)n2)cc1. The summed E-state index contributed by atoms with van der Waals surface area (Å²) in [7, 11) is 0. The maximum absolute atomic E-state index is 7.21. The van der Waals surface area contributed by atoms with Crippen molar-refractivity contribution < 1.29 is 8.83 Å². The van der Waals surface area contributed by atoms with Gasteiger partial charge in [0.1, 0.15) is 22.4 Å². The number of hydrogen-bond donors (Lipinski definition) is 0. The maximum Gasteiger partial charge on any atom is 0.166 e. The van der Waals surface area contributed by atoms with E-state index in [1.165, 1.54) is 42.4 Å². The van der Waals surface area contributed by atoms with E-state index in [4.69, 9.17) is 38.7 Å². The monoisotopic (exact) mass is 1540 g/mol. The van der Waals surface area contributed by atoms with Crippen molar-refractivity contribution in [2.24, 2.45) is 0 Å². The lowest BCUT2D eigenvalue weighted by atomic mass is 10.0. The summed E-state index contributed by atoms with van der Waals surface area (Å²) in [6, 6.07) is 126. The van der Waals surface area contributed by atoms with Gasteiger partial charge in [-0.1, -0.05) is 249 Å². The molecule has 0 saturated carbocycles. The summed E-state index contributed by atoms with van der Waals surface area (Å²) in [6.45, 7) is 0. The molecule has 0 spiro atoms. The van der Waals surface area contributed by atoms with E-state index < -0.39 is 0 Å². The van der Waals surface area contributed by atoms with Crippen molar-refractivity contribution in [2.75, 3.05) is 0 Å². The zero-order valence-electron chi connectivity index (χ0n) is 62.7. The minimum Gasteiger partial charge on any atom is -0.455 e. The van der Waals surface area contributed by atoms with Crippen LogP contribution in [-0.2, 0) is 0 Å². The summed E-state index contributed by atoms with van der Waals surface area (Å²) in [5, 5.41) is 22.5. The van der Waals surface area contributed by atoms with Crippen molar-refractivity contribution in [3.8, 4) is 90.8 Å². The zero-order valence-corrected chi connectivity index (χ0v) is 64.3. The molecule has 26 rings (SSSR count). The molecule has 0 aliphatic heterocycles. The Morgan fingerprint density at radius 1 is 0.220 bits per heavy atom. The Hall–Kier alpha value is -15.3. The van der Waals surface area contributed by atoms with Gasteiger partial charge in [0, 0.05) is 117 Å². The second-order valence-corrected chi connectivity index (χ2v) is 32.8. The molecular formula is C106H58N8O2S2. The molecule has 12 heteroatoms. The first-order valence-electron chi connectivity index (χ1n) is 39.6. The third-order valence-electron chi connectivity index (χ3n) is 24.2. The normalized spacial score (nSPS) is 12.2. The van der Waals surface area contributed by atoms with Crippen molar-refractivity contribution in [1.29, 1.82) is 0 Å². The number of furan rings is 2. The molecule has 26 aromatic rings. The number of hydrogen-bond acceptors (Lipinski definition) is 10. The summed E-state index contributed by atoms with van der Waals surface area (Å²) in [5.41, 5.74) is 16.5. The van der Waals surface area contributed by atoms with E-state index in [-0.39, 0.29) is 0 Å². The van der Waals surface area contributed by atoms with Gasteiger partial charge in [0.15, 0.2) is 40.5 Å². The van der Waals surface area contributed by atoms with Crippen molar-refractivity contribution >= 4 is 194 Å². The van der Waals surface area contributed by atoms with Crippen molar-refractivity contribution in [1.82, 2.24) is 39.0 Å². The number of nitrogens with zero attached hydrogens (tertiary/aromatic N) is 8. The number of benzene rings is 18. The summed E-state index contributed by atoms with van der Waals surface area (Å²) >= 11 is 3.53. The highest BCUT2D eigenvalue weighted by molar-refractivity contribution is 7.26. The first-order valence-corrected chi connectivity index (χ1v) is 41.2. The summed E-state index contributed by atoms with van der Waals surface area (Å²) in [5.74, 6) is 3.31. The number of fused-ring (bicyclic) bond motifs is 24. The molecule has 546 valence electrons. The van der Waals surface area contributed by atoms with E-state index in [9.17, 15) is 0 Å². The van der Waals surface area contributed by atoms with Crippen LogP contribution < -0.4 is 0 Å². The van der Waals surface area contributed by atoms with Crippen LogP contribution in [0, 0.1) is 0 Å². The van der Waals surface area contributed by atoms with E-state index in [1.807, 2.05) is 24.3 Å². The molecule has 8 heterocycles. The molecule has 0 aliphatic carbocycles. The molecule has 0 fully saturated rings. The molecule has 0 aliphatic rings. The standard InChI is InChI=1S/C106H58N8O2S2/c1-2-22-62(23-3-1)101-107-102(109-103(108-101)69-57-89(95-78-47-44-61-21-9-11-29-71(61)97(78)116-91(95)58-69)113-86-50-45-60-20-8-10-28-70(60)94(86)84-54-65-25-5-7-27-67(65)56-88(84)113)63-42-40-59(41-43-63)68-46-51-93-83(53-68)77-34-19-36-81(100(77)118-93)106-111-104(110-105(112-106)80-35-18-33-76-74-32-14-17-39-92(74)117-99(76)80)79-49-48-75-73-31-13-16-38-90(73)115-98(75)96(79)114-85-37-15-12-30-72(85)82-52-64-24-4-6-26-66(64)55-87(82)114/h1-58H. The van der Waals surface area contributed by atoms with E-state index in [0.29, 0.717) is 34.9 Å². The van der Waals surface area contributed by atoms with Crippen LogP contribution in [0.1, 0.15) is 0 Å². The Morgan fingerprint density at radius 3 is 1.46 bits per heavy atom. The summed E-state index contributed by atoms with van der Waals surface area (Å²) in [4.78, 5) is 33.2. The average Bonchev–Trinajstić information content (AvgIpc) is 1.55. The predicted octanol–water partition coefficient (Wildman–Crippen LogP) is 29.1. The van der Waals surface area contributed by atoms with Crippen LogP contribution in [0.3, 0.4) is 0 Å². The Morgan fingerprint density at radius 2 is 0.729 bits per heavy atom. The predicted molar refractivity (Wildman–Crippen MR) is 490 cm³/mol. The Bertz CT molecular complexity index is 8850. The van der Waals surface area contributed by atoms with E-state index >= 15 is 0 Å². The molecule has 118 heavy (non-hydrogen) atoms. The van der Waals surface area contributed by atoms with Crippen molar-refractivity contribution in [3.05, 3.63) is 352 Å². The van der Waals surface area contributed by atoms with Gasteiger partial charge in [-0.2, -0.15) is 0 Å². The second kappa shape index (κ2) is 25.1. The van der Waals surface area contributed by atoms with E-state index in [1.54, 1.807) is 22.7 Å². The van der Waals surface area contributed by atoms with Crippen LogP contribution in [0.2, 0.25) is 0 Å². The van der Waals surface area contributed by atoms with Crippen LogP contribution in [-0.4, -0.2) is 39.0 Å². The Balaban J connectivity index is 0.626. The van der Waals surface area contributed by atoms with Gasteiger partial charge in [0.2, 0.25) is 0 Å². The molecule has 0 N–H and O–H groups in total. The molecule has 0 radical (unpaired) electrons. The minimum atomic E-state index is 0.521. The van der Waals surface area contributed by atoms with Crippen LogP contribution in [0.15, 0.2) is 361 Å². The highest BCUT2D eigenvalue weighted by Crippen LogP contribution is 2.50. The first kappa shape index (κ1) is 65.1. The van der Waals surface area contributed by atoms with E-state index in [0.717, 1.165) is 184 Å². The van der Waals surface area contributed by atoms with Crippen LogP contribution in [0.25, 0.3) is 262 Å². The third kappa shape index (κ3) is 9.78. The average molecular weight is 1540 g/mol. The third-order valence-corrected chi connectivity index (χ3v) is 26.6. The minimum absolute atomic E-state index is 0.521.